The quantitative estimate of drug-likeness (QED) is 0.650. The van der Waals surface area contributed by atoms with Crippen molar-refractivity contribution < 1.29 is 4.79 Å². The molecule has 0 bridgehead atoms. The van der Waals surface area contributed by atoms with Gasteiger partial charge in [0.05, 0.1) is 0 Å². The monoisotopic (exact) mass is 214 g/mol. The SMILES string of the molecule is CCCC(CC)NC(=O)C(C)CCCN. The summed E-state index contributed by atoms with van der Waals surface area (Å²) in [6.07, 6.45) is 5.04. The number of nitrogens with two attached hydrogens (primary N) is 1. The number of rotatable bonds is 8. The summed E-state index contributed by atoms with van der Waals surface area (Å²) >= 11 is 0. The molecule has 0 radical (unpaired) electrons. The summed E-state index contributed by atoms with van der Waals surface area (Å²) in [4.78, 5) is 11.7. The number of amides is 1. The van der Waals surface area contributed by atoms with Crippen LogP contribution < -0.4 is 11.1 Å². The fraction of sp³-hybridized carbons (Fsp3) is 0.917. The summed E-state index contributed by atoms with van der Waals surface area (Å²) in [5.74, 6) is 0.281. The first-order chi connectivity index (χ1) is 7.15. The summed E-state index contributed by atoms with van der Waals surface area (Å²) in [5, 5.41) is 3.10. The van der Waals surface area contributed by atoms with Crippen LogP contribution in [-0.2, 0) is 4.79 Å². The van der Waals surface area contributed by atoms with Crippen LogP contribution in [0.3, 0.4) is 0 Å². The van der Waals surface area contributed by atoms with Gasteiger partial charge in [-0.3, -0.25) is 4.79 Å². The zero-order valence-electron chi connectivity index (χ0n) is 10.4. The Morgan fingerprint density at radius 1 is 1.33 bits per heavy atom. The van der Waals surface area contributed by atoms with E-state index in [1.54, 1.807) is 0 Å². The molecule has 0 aromatic carbocycles. The zero-order chi connectivity index (χ0) is 11.7. The van der Waals surface area contributed by atoms with E-state index >= 15 is 0 Å². The number of nitrogens with one attached hydrogen (secondary N) is 1. The highest BCUT2D eigenvalue weighted by molar-refractivity contribution is 5.78. The molecule has 0 saturated heterocycles. The maximum atomic E-state index is 11.7. The molecule has 0 rings (SSSR count). The third-order valence-corrected chi connectivity index (χ3v) is 2.77. The van der Waals surface area contributed by atoms with Gasteiger partial charge in [0, 0.05) is 12.0 Å². The van der Waals surface area contributed by atoms with Crippen LogP contribution >= 0.6 is 0 Å². The lowest BCUT2D eigenvalue weighted by atomic mass is 10.0. The molecule has 1 amide bonds. The van der Waals surface area contributed by atoms with E-state index in [1.807, 2.05) is 6.92 Å². The predicted molar refractivity (Wildman–Crippen MR) is 64.6 cm³/mol. The van der Waals surface area contributed by atoms with Crippen LogP contribution in [-0.4, -0.2) is 18.5 Å². The molecule has 0 heterocycles. The summed E-state index contributed by atoms with van der Waals surface area (Å²) < 4.78 is 0. The molecule has 0 aliphatic rings. The minimum Gasteiger partial charge on any atom is -0.353 e. The first-order valence-corrected chi connectivity index (χ1v) is 6.16. The molecule has 0 aromatic heterocycles. The molecule has 15 heavy (non-hydrogen) atoms. The van der Waals surface area contributed by atoms with E-state index < -0.39 is 0 Å². The van der Waals surface area contributed by atoms with Gasteiger partial charge in [0.1, 0.15) is 0 Å². The molecular formula is C12H26N2O. The summed E-state index contributed by atoms with van der Waals surface area (Å²) in [5.41, 5.74) is 5.42. The van der Waals surface area contributed by atoms with Gasteiger partial charge in [0.25, 0.3) is 0 Å². The Hall–Kier alpha value is -0.570. The Balaban J connectivity index is 3.87. The zero-order valence-corrected chi connectivity index (χ0v) is 10.4. The Morgan fingerprint density at radius 2 is 2.00 bits per heavy atom. The van der Waals surface area contributed by atoms with Gasteiger partial charge in [-0.15, -0.1) is 0 Å². The molecule has 3 heteroatoms. The van der Waals surface area contributed by atoms with Gasteiger partial charge in [-0.25, -0.2) is 0 Å². The maximum Gasteiger partial charge on any atom is 0.223 e. The minimum absolute atomic E-state index is 0.0967. The molecule has 90 valence electrons. The van der Waals surface area contributed by atoms with E-state index in [2.05, 4.69) is 19.2 Å². The number of hydrogen-bond acceptors (Lipinski definition) is 2. The molecule has 0 aromatic rings. The molecule has 3 nitrogen and oxygen atoms in total. The molecule has 0 aliphatic heterocycles. The fourth-order valence-electron chi connectivity index (χ4n) is 1.63. The lowest BCUT2D eigenvalue weighted by molar-refractivity contribution is -0.125. The molecule has 2 unspecified atom stereocenters. The van der Waals surface area contributed by atoms with E-state index in [0.29, 0.717) is 12.6 Å². The maximum absolute atomic E-state index is 11.7. The van der Waals surface area contributed by atoms with Crippen LogP contribution in [0.1, 0.15) is 52.9 Å². The Morgan fingerprint density at radius 3 is 2.47 bits per heavy atom. The second-order valence-electron chi connectivity index (χ2n) is 4.23. The molecule has 3 N–H and O–H groups in total. The van der Waals surface area contributed by atoms with Crippen LogP contribution in [0, 0.1) is 5.92 Å². The van der Waals surface area contributed by atoms with Gasteiger partial charge >= 0.3 is 0 Å². The third-order valence-electron chi connectivity index (χ3n) is 2.77. The van der Waals surface area contributed by atoms with E-state index in [4.69, 9.17) is 5.73 Å². The fourth-order valence-corrected chi connectivity index (χ4v) is 1.63. The Labute approximate surface area is 93.8 Å². The van der Waals surface area contributed by atoms with E-state index in [0.717, 1.165) is 32.1 Å². The highest BCUT2D eigenvalue weighted by atomic mass is 16.1. The standard InChI is InChI=1S/C12H26N2O/c1-4-7-11(5-2)14-12(15)10(3)8-6-9-13/h10-11H,4-9,13H2,1-3H3,(H,14,15). The highest BCUT2D eigenvalue weighted by Gasteiger charge is 2.15. The summed E-state index contributed by atoms with van der Waals surface area (Å²) in [6.45, 7) is 6.91. The second kappa shape index (κ2) is 8.72. The largest absolute Gasteiger partial charge is 0.353 e. The Bertz CT molecular complexity index is 171. The van der Waals surface area contributed by atoms with Crippen molar-refractivity contribution in [2.24, 2.45) is 11.7 Å². The molecule has 2 atom stereocenters. The van der Waals surface area contributed by atoms with Gasteiger partial charge < -0.3 is 11.1 Å². The van der Waals surface area contributed by atoms with E-state index in [-0.39, 0.29) is 11.8 Å². The molecule has 0 fully saturated rings. The van der Waals surface area contributed by atoms with Crippen molar-refractivity contribution in [3.63, 3.8) is 0 Å². The van der Waals surface area contributed by atoms with Gasteiger partial charge in [0.15, 0.2) is 0 Å². The number of carbonyl (C=O) groups excluding carboxylic acids is 1. The number of hydrogen-bond donors (Lipinski definition) is 2. The molecular weight excluding hydrogens is 188 g/mol. The number of carbonyl (C=O) groups is 1. The first-order valence-electron chi connectivity index (χ1n) is 6.16. The lowest BCUT2D eigenvalue weighted by Crippen LogP contribution is -2.37. The summed E-state index contributed by atoms with van der Waals surface area (Å²) in [6, 6.07) is 0.350. The van der Waals surface area contributed by atoms with Crippen LogP contribution in [0.15, 0.2) is 0 Å². The Kier molecular flexibility index (Phi) is 8.38. The molecule has 0 saturated carbocycles. The predicted octanol–water partition coefficient (Wildman–Crippen LogP) is 2.06. The van der Waals surface area contributed by atoms with Gasteiger partial charge in [0.2, 0.25) is 5.91 Å². The first kappa shape index (κ1) is 14.4. The molecule has 0 spiro atoms. The van der Waals surface area contributed by atoms with Crippen LogP contribution in [0.4, 0.5) is 0 Å². The topological polar surface area (TPSA) is 55.1 Å². The van der Waals surface area contributed by atoms with Crippen molar-refractivity contribution in [2.45, 2.75) is 58.9 Å². The van der Waals surface area contributed by atoms with Crippen molar-refractivity contribution in [1.82, 2.24) is 5.32 Å². The highest BCUT2D eigenvalue weighted by Crippen LogP contribution is 2.07. The average Bonchev–Trinajstić information content (AvgIpc) is 2.24. The van der Waals surface area contributed by atoms with Crippen molar-refractivity contribution in [2.75, 3.05) is 6.54 Å². The lowest BCUT2D eigenvalue weighted by Gasteiger charge is -2.19. The smallest absolute Gasteiger partial charge is 0.223 e. The summed E-state index contributed by atoms with van der Waals surface area (Å²) in [7, 11) is 0. The van der Waals surface area contributed by atoms with Crippen molar-refractivity contribution in [3.8, 4) is 0 Å². The van der Waals surface area contributed by atoms with Gasteiger partial charge in [-0.1, -0.05) is 27.2 Å². The van der Waals surface area contributed by atoms with E-state index in [9.17, 15) is 4.79 Å². The van der Waals surface area contributed by atoms with E-state index in [1.165, 1.54) is 0 Å². The average molecular weight is 214 g/mol. The minimum atomic E-state index is 0.0967. The molecule has 0 aliphatic carbocycles. The van der Waals surface area contributed by atoms with Crippen LogP contribution in [0.25, 0.3) is 0 Å². The van der Waals surface area contributed by atoms with Gasteiger partial charge in [-0.2, -0.15) is 0 Å². The second-order valence-corrected chi connectivity index (χ2v) is 4.23. The van der Waals surface area contributed by atoms with Crippen molar-refractivity contribution in [1.29, 1.82) is 0 Å². The van der Waals surface area contributed by atoms with Gasteiger partial charge in [-0.05, 0) is 32.2 Å². The van der Waals surface area contributed by atoms with Crippen molar-refractivity contribution in [3.05, 3.63) is 0 Å². The third kappa shape index (κ3) is 6.50. The van der Waals surface area contributed by atoms with Crippen LogP contribution in [0.5, 0.6) is 0 Å². The normalized spacial score (nSPS) is 14.7. The van der Waals surface area contributed by atoms with Crippen LogP contribution in [0.2, 0.25) is 0 Å². The van der Waals surface area contributed by atoms with Crippen molar-refractivity contribution >= 4 is 5.91 Å².